The molecule has 1 aliphatic carbocycles. The largest absolute Gasteiger partial charge is 0.375 e. The molecular formula is C7H12Cl2O. The maximum absolute atomic E-state index is 5.95. The summed E-state index contributed by atoms with van der Waals surface area (Å²) in [4.78, 5) is 0. The first-order valence-corrected chi connectivity index (χ1v) is 4.63. The van der Waals surface area contributed by atoms with Gasteiger partial charge in [0.1, 0.15) is 0 Å². The lowest BCUT2D eigenvalue weighted by atomic mass is 10.3. The lowest BCUT2D eigenvalue weighted by Crippen LogP contribution is -2.19. The van der Waals surface area contributed by atoms with Gasteiger partial charge in [0.15, 0.2) is 0 Å². The molecule has 60 valence electrons. The van der Waals surface area contributed by atoms with E-state index in [4.69, 9.17) is 27.9 Å². The van der Waals surface area contributed by atoms with Gasteiger partial charge in [-0.25, -0.2) is 0 Å². The Morgan fingerprint density at radius 1 is 1.40 bits per heavy atom. The van der Waals surface area contributed by atoms with Gasteiger partial charge < -0.3 is 4.74 Å². The molecule has 0 aromatic heterocycles. The Morgan fingerprint density at radius 2 is 2.20 bits per heavy atom. The third-order valence-corrected chi connectivity index (χ3v) is 2.43. The van der Waals surface area contributed by atoms with Crippen LogP contribution in [0.1, 0.15) is 19.3 Å². The van der Waals surface area contributed by atoms with Crippen molar-refractivity contribution in [3.8, 4) is 0 Å². The third-order valence-electron chi connectivity index (χ3n) is 1.78. The Morgan fingerprint density at radius 3 is 2.70 bits per heavy atom. The Hall–Kier alpha value is 0.540. The fourth-order valence-electron chi connectivity index (χ4n) is 1.26. The molecule has 0 radical (unpaired) electrons. The van der Waals surface area contributed by atoms with Crippen LogP contribution in [0.25, 0.3) is 0 Å². The average molecular weight is 183 g/mol. The van der Waals surface area contributed by atoms with Gasteiger partial charge >= 0.3 is 0 Å². The average Bonchev–Trinajstić information content (AvgIpc) is 2.31. The van der Waals surface area contributed by atoms with Crippen molar-refractivity contribution < 1.29 is 4.74 Å². The second-order valence-corrected chi connectivity index (χ2v) is 3.48. The van der Waals surface area contributed by atoms with E-state index in [0.29, 0.717) is 12.5 Å². The van der Waals surface area contributed by atoms with E-state index < -0.39 is 0 Å². The van der Waals surface area contributed by atoms with Crippen LogP contribution in [0.2, 0.25) is 0 Å². The molecule has 2 atom stereocenters. The highest BCUT2D eigenvalue weighted by Gasteiger charge is 2.25. The predicted molar refractivity (Wildman–Crippen MR) is 44.0 cm³/mol. The van der Waals surface area contributed by atoms with Crippen LogP contribution < -0.4 is 0 Å². The SMILES string of the molecule is ClCCO[C@H]1CCC[C@@H]1Cl. The number of ether oxygens (including phenoxy) is 1. The number of rotatable bonds is 3. The van der Waals surface area contributed by atoms with Crippen LogP contribution in [-0.2, 0) is 4.74 Å². The van der Waals surface area contributed by atoms with Gasteiger partial charge in [-0.05, 0) is 19.3 Å². The van der Waals surface area contributed by atoms with Gasteiger partial charge in [0.25, 0.3) is 0 Å². The number of hydrogen-bond donors (Lipinski definition) is 0. The van der Waals surface area contributed by atoms with Crippen molar-refractivity contribution in [1.29, 1.82) is 0 Å². The molecule has 0 unspecified atom stereocenters. The fraction of sp³-hybridized carbons (Fsp3) is 1.00. The van der Waals surface area contributed by atoms with Gasteiger partial charge in [0, 0.05) is 5.88 Å². The summed E-state index contributed by atoms with van der Waals surface area (Å²) in [5.74, 6) is 0.570. The van der Waals surface area contributed by atoms with Crippen LogP contribution in [0.5, 0.6) is 0 Å². The van der Waals surface area contributed by atoms with Crippen LogP contribution in [0.3, 0.4) is 0 Å². The molecule has 1 saturated carbocycles. The molecule has 0 aliphatic heterocycles. The zero-order valence-electron chi connectivity index (χ0n) is 5.85. The maximum Gasteiger partial charge on any atom is 0.0739 e. The van der Waals surface area contributed by atoms with E-state index in [2.05, 4.69) is 0 Å². The highest BCUT2D eigenvalue weighted by molar-refractivity contribution is 6.21. The smallest absolute Gasteiger partial charge is 0.0739 e. The minimum atomic E-state index is 0.225. The van der Waals surface area contributed by atoms with Crippen molar-refractivity contribution in [2.75, 3.05) is 12.5 Å². The van der Waals surface area contributed by atoms with Crippen LogP contribution in [0, 0.1) is 0 Å². The lowest BCUT2D eigenvalue weighted by molar-refractivity contribution is 0.0721. The van der Waals surface area contributed by atoms with E-state index >= 15 is 0 Å². The quantitative estimate of drug-likeness (QED) is 0.610. The summed E-state index contributed by atoms with van der Waals surface area (Å²) >= 11 is 11.4. The Kier molecular flexibility index (Phi) is 3.82. The third kappa shape index (κ3) is 2.30. The molecule has 3 heteroatoms. The molecule has 1 fully saturated rings. The van der Waals surface area contributed by atoms with E-state index in [1.54, 1.807) is 0 Å². The summed E-state index contributed by atoms with van der Waals surface area (Å²) in [6.45, 7) is 0.634. The first-order valence-electron chi connectivity index (χ1n) is 3.66. The van der Waals surface area contributed by atoms with Gasteiger partial charge in [-0.3, -0.25) is 0 Å². The van der Waals surface area contributed by atoms with Crippen LogP contribution in [-0.4, -0.2) is 24.0 Å². The maximum atomic E-state index is 5.95. The lowest BCUT2D eigenvalue weighted by Gasteiger charge is -2.13. The molecular weight excluding hydrogens is 171 g/mol. The number of halogens is 2. The standard InChI is InChI=1S/C7H12Cl2O/c8-4-5-10-7-3-1-2-6(7)9/h6-7H,1-5H2/t6-,7-/m0/s1. The summed E-state index contributed by atoms with van der Waals surface area (Å²) in [5, 5.41) is 0.225. The van der Waals surface area contributed by atoms with Gasteiger partial charge in [0.05, 0.1) is 18.1 Å². The molecule has 0 aromatic rings. The second-order valence-electron chi connectivity index (χ2n) is 2.55. The van der Waals surface area contributed by atoms with Crippen molar-refractivity contribution >= 4 is 23.2 Å². The Labute approximate surface area is 71.6 Å². The molecule has 10 heavy (non-hydrogen) atoms. The van der Waals surface area contributed by atoms with Crippen molar-refractivity contribution in [3.63, 3.8) is 0 Å². The van der Waals surface area contributed by atoms with Crippen LogP contribution in [0.15, 0.2) is 0 Å². The van der Waals surface area contributed by atoms with Crippen molar-refractivity contribution in [1.82, 2.24) is 0 Å². The van der Waals surface area contributed by atoms with Crippen molar-refractivity contribution in [2.24, 2.45) is 0 Å². The first kappa shape index (κ1) is 8.63. The van der Waals surface area contributed by atoms with E-state index in [1.807, 2.05) is 0 Å². The van der Waals surface area contributed by atoms with E-state index in [9.17, 15) is 0 Å². The summed E-state index contributed by atoms with van der Waals surface area (Å²) in [6.07, 6.45) is 3.65. The Balaban J connectivity index is 2.14. The highest BCUT2D eigenvalue weighted by atomic mass is 35.5. The minimum absolute atomic E-state index is 0.225. The van der Waals surface area contributed by atoms with Gasteiger partial charge in [-0.1, -0.05) is 0 Å². The number of hydrogen-bond acceptors (Lipinski definition) is 1. The molecule has 0 saturated heterocycles. The van der Waals surface area contributed by atoms with Gasteiger partial charge in [-0.2, -0.15) is 0 Å². The summed E-state index contributed by atoms with van der Waals surface area (Å²) in [5.41, 5.74) is 0. The molecule has 1 aliphatic rings. The first-order chi connectivity index (χ1) is 4.84. The minimum Gasteiger partial charge on any atom is -0.375 e. The molecule has 0 amide bonds. The molecule has 1 rings (SSSR count). The fourth-order valence-corrected chi connectivity index (χ4v) is 1.71. The second kappa shape index (κ2) is 4.42. The summed E-state index contributed by atoms with van der Waals surface area (Å²) < 4.78 is 5.40. The van der Waals surface area contributed by atoms with Crippen molar-refractivity contribution in [2.45, 2.75) is 30.7 Å². The zero-order valence-corrected chi connectivity index (χ0v) is 7.37. The molecule has 0 bridgehead atoms. The van der Waals surface area contributed by atoms with Crippen molar-refractivity contribution in [3.05, 3.63) is 0 Å². The Bertz CT molecular complexity index is 97.6. The summed E-state index contributed by atoms with van der Waals surface area (Å²) in [7, 11) is 0. The topological polar surface area (TPSA) is 9.23 Å². The highest BCUT2D eigenvalue weighted by Crippen LogP contribution is 2.26. The van der Waals surface area contributed by atoms with Crippen LogP contribution in [0.4, 0.5) is 0 Å². The van der Waals surface area contributed by atoms with Gasteiger partial charge in [-0.15, -0.1) is 23.2 Å². The number of alkyl halides is 2. The molecule has 0 spiro atoms. The molecule has 0 N–H and O–H groups in total. The van der Waals surface area contributed by atoms with E-state index in [0.717, 1.165) is 12.8 Å². The molecule has 0 aromatic carbocycles. The van der Waals surface area contributed by atoms with E-state index in [1.165, 1.54) is 6.42 Å². The zero-order chi connectivity index (χ0) is 7.40. The molecule has 0 heterocycles. The molecule has 1 nitrogen and oxygen atoms in total. The van der Waals surface area contributed by atoms with Crippen LogP contribution >= 0.6 is 23.2 Å². The van der Waals surface area contributed by atoms with Gasteiger partial charge in [0.2, 0.25) is 0 Å². The monoisotopic (exact) mass is 182 g/mol. The van der Waals surface area contributed by atoms with E-state index in [-0.39, 0.29) is 11.5 Å². The summed E-state index contributed by atoms with van der Waals surface area (Å²) in [6, 6.07) is 0. The predicted octanol–water partition coefficient (Wildman–Crippen LogP) is 2.40. The normalized spacial score (nSPS) is 33.0.